The summed E-state index contributed by atoms with van der Waals surface area (Å²) in [4.78, 5) is 3.90. The van der Waals surface area contributed by atoms with Gasteiger partial charge in [-0.1, -0.05) is 12.1 Å². The lowest BCUT2D eigenvalue weighted by Gasteiger charge is -2.08. The zero-order chi connectivity index (χ0) is 14.3. The van der Waals surface area contributed by atoms with E-state index in [-0.39, 0.29) is 17.0 Å². The standard InChI is InChI=1S/C14H8F2N4/c15-9-5-10(16)13-12(6-9)20(14(18)19-13)11-4-2-1-3-8(11)7-17/h1-6H,(H2,18,19). The number of anilines is 1. The fraction of sp³-hybridized carbons (Fsp3) is 0. The minimum Gasteiger partial charge on any atom is -0.369 e. The number of aromatic nitrogens is 2. The third kappa shape index (κ3) is 1.68. The molecule has 6 heteroatoms. The van der Waals surface area contributed by atoms with Crippen LogP contribution in [0.1, 0.15) is 5.56 Å². The van der Waals surface area contributed by atoms with Gasteiger partial charge >= 0.3 is 0 Å². The molecule has 0 spiro atoms. The van der Waals surface area contributed by atoms with Crippen LogP contribution in [-0.2, 0) is 0 Å². The molecule has 0 bridgehead atoms. The van der Waals surface area contributed by atoms with Gasteiger partial charge in [0, 0.05) is 12.1 Å². The predicted molar refractivity (Wildman–Crippen MR) is 70.1 cm³/mol. The molecular formula is C14H8F2N4. The highest BCUT2D eigenvalue weighted by Gasteiger charge is 2.16. The van der Waals surface area contributed by atoms with Gasteiger partial charge in [0.15, 0.2) is 5.82 Å². The van der Waals surface area contributed by atoms with Crippen molar-refractivity contribution in [1.29, 1.82) is 5.26 Å². The monoisotopic (exact) mass is 270 g/mol. The van der Waals surface area contributed by atoms with Crippen LogP contribution in [-0.4, -0.2) is 9.55 Å². The fourth-order valence-corrected chi connectivity index (χ4v) is 2.14. The molecule has 3 rings (SSSR count). The van der Waals surface area contributed by atoms with Crippen molar-refractivity contribution in [3.05, 3.63) is 53.6 Å². The molecule has 98 valence electrons. The van der Waals surface area contributed by atoms with Gasteiger partial charge in [-0.2, -0.15) is 5.26 Å². The number of hydrogen-bond donors (Lipinski definition) is 1. The summed E-state index contributed by atoms with van der Waals surface area (Å²) < 4.78 is 28.5. The van der Waals surface area contributed by atoms with Gasteiger partial charge in [0.2, 0.25) is 5.95 Å². The van der Waals surface area contributed by atoms with E-state index in [0.29, 0.717) is 11.3 Å². The molecular weight excluding hydrogens is 262 g/mol. The highest BCUT2D eigenvalue weighted by Crippen LogP contribution is 2.27. The summed E-state index contributed by atoms with van der Waals surface area (Å²) in [6, 6.07) is 10.5. The second-order valence-electron chi connectivity index (χ2n) is 4.19. The molecule has 0 aliphatic carbocycles. The second-order valence-corrected chi connectivity index (χ2v) is 4.19. The number of fused-ring (bicyclic) bond motifs is 1. The van der Waals surface area contributed by atoms with Crippen LogP contribution >= 0.6 is 0 Å². The van der Waals surface area contributed by atoms with Crippen LogP contribution in [0.2, 0.25) is 0 Å². The molecule has 0 unspecified atom stereocenters. The Balaban J connectivity index is 2.43. The van der Waals surface area contributed by atoms with Crippen molar-refractivity contribution in [1.82, 2.24) is 9.55 Å². The Labute approximate surface area is 112 Å². The van der Waals surface area contributed by atoms with Crippen LogP contribution in [0, 0.1) is 23.0 Å². The van der Waals surface area contributed by atoms with E-state index in [1.807, 2.05) is 6.07 Å². The zero-order valence-electron chi connectivity index (χ0n) is 10.1. The summed E-state index contributed by atoms with van der Waals surface area (Å²) in [6.07, 6.45) is 0. The first-order valence-electron chi connectivity index (χ1n) is 5.74. The number of nitriles is 1. The molecule has 1 aromatic heterocycles. The first-order chi connectivity index (χ1) is 9.61. The molecule has 2 N–H and O–H groups in total. The maximum Gasteiger partial charge on any atom is 0.206 e. The van der Waals surface area contributed by atoms with Gasteiger partial charge < -0.3 is 5.73 Å². The smallest absolute Gasteiger partial charge is 0.206 e. The van der Waals surface area contributed by atoms with E-state index >= 15 is 0 Å². The Morgan fingerprint density at radius 3 is 2.70 bits per heavy atom. The van der Waals surface area contributed by atoms with E-state index in [4.69, 9.17) is 11.0 Å². The average Bonchev–Trinajstić information content (AvgIpc) is 2.75. The lowest BCUT2D eigenvalue weighted by atomic mass is 10.2. The highest BCUT2D eigenvalue weighted by molar-refractivity contribution is 5.82. The molecule has 0 amide bonds. The Morgan fingerprint density at radius 2 is 1.95 bits per heavy atom. The Bertz CT molecular complexity index is 861. The zero-order valence-corrected chi connectivity index (χ0v) is 10.1. The number of nitrogen functional groups attached to an aromatic ring is 1. The van der Waals surface area contributed by atoms with Crippen molar-refractivity contribution in [3.8, 4) is 11.8 Å². The molecule has 20 heavy (non-hydrogen) atoms. The number of hydrogen-bond acceptors (Lipinski definition) is 3. The molecule has 3 aromatic rings. The van der Waals surface area contributed by atoms with Gasteiger partial charge in [0.1, 0.15) is 17.4 Å². The molecule has 0 aliphatic heterocycles. The highest BCUT2D eigenvalue weighted by atomic mass is 19.1. The molecule has 0 radical (unpaired) electrons. The summed E-state index contributed by atoms with van der Waals surface area (Å²) in [7, 11) is 0. The number of halogens is 2. The second kappa shape index (κ2) is 4.31. The van der Waals surface area contributed by atoms with E-state index < -0.39 is 11.6 Å². The number of imidazole rings is 1. The van der Waals surface area contributed by atoms with E-state index in [1.165, 1.54) is 4.57 Å². The van der Waals surface area contributed by atoms with E-state index in [1.54, 1.807) is 24.3 Å². The van der Waals surface area contributed by atoms with Gasteiger partial charge in [0.05, 0.1) is 16.8 Å². The molecule has 0 saturated carbocycles. The summed E-state index contributed by atoms with van der Waals surface area (Å²) >= 11 is 0. The fourth-order valence-electron chi connectivity index (χ4n) is 2.14. The molecule has 0 aliphatic rings. The maximum absolute atomic E-state index is 13.7. The van der Waals surface area contributed by atoms with Crippen LogP contribution in [0.25, 0.3) is 16.7 Å². The van der Waals surface area contributed by atoms with Gasteiger partial charge in [-0.15, -0.1) is 0 Å². The summed E-state index contributed by atoms with van der Waals surface area (Å²) in [5.74, 6) is -1.53. The lowest BCUT2D eigenvalue weighted by Crippen LogP contribution is -2.02. The van der Waals surface area contributed by atoms with Crippen molar-refractivity contribution in [2.45, 2.75) is 0 Å². The van der Waals surface area contributed by atoms with Crippen LogP contribution in [0.3, 0.4) is 0 Å². The number of benzene rings is 2. The first-order valence-corrected chi connectivity index (χ1v) is 5.74. The van der Waals surface area contributed by atoms with E-state index in [9.17, 15) is 8.78 Å². The van der Waals surface area contributed by atoms with Gasteiger partial charge in [-0.3, -0.25) is 4.57 Å². The van der Waals surface area contributed by atoms with Crippen LogP contribution in [0.15, 0.2) is 36.4 Å². The quantitative estimate of drug-likeness (QED) is 0.739. The van der Waals surface area contributed by atoms with Gasteiger partial charge in [0.25, 0.3) is 0 Å². The van der Waals surface area contributed by atoms with E-state index in [0.717, 1.165) is 12.1 Å². The largest absolute Gasteiger partial charge is 0.369 e. The van der Waals surface area contributed by atoms with Crippen LogP contribution in [0.5, 0.6) is 0 Å². The number of nitrogens with zero attached hydrogens (tertiary/aromatic N) is 3. The van der Waals surface area contributed by atoms with Crippen LogP contribution < -0.4 is 5.73 Å². The minimum absolute atomic E-state index is 0.00722. The maximum atomic E-state index is 13.7. The molecule has 2 aromatic carbocycles. The average molecular weight is 270 g/mol. The molecule has 0 fully saturated rings. The number of rotatable bonds is 1. The van der Waals surface area contributed by atoms with E-state index in [2.05, 4.69) is 4.98 Å². The third-order valence-electron chi connectivity index (χ3n) is 2.97. The summed E-state index contributed by atoms with van der Waals surface area (Å²) in [5, 5.41) is 9.12. The topological polar surface area (TPSA) is 67.6 Å². The number of nitrogens with two attached hydrogens (primary N) is 1. The van der Waals surface area contributed by atoms with Crippen molar-refractivity contribution in [2.24, 2.45) is 0 Å². The van der Waals surface area contributed by atoms with Crippen molar-refractivity contribution in [2.75, 3.05) is 5.73 Å². The molecule has 0 saturated heterocycles. The van der Waals surface area contributed by atoms with Crippen LogP contribution in [0.4, 0.5) is 14.7 Å². The predicted octanol–water partition coefficient (Wildman–Crippen LogP) is 2.76. The van der Waals surface area contributed by atoms with Crippen molar-refractivity contribution in [3.63, 3.8) is 0 Å². The summed E-state index contributed by atoms with van der Waals surface area (Å²) in [6.45, 7) is 0. The first kappa shape index (κ1) is 12.1. The molecule has 1 heterocycles. The molecule has 4 nitrogen and oxygen atoms in total. The van der Waals surface area contributed by atoms with Gasteiger partial charge in [-0.05, 0) is 12.1 Å². The number of para-hydroxylation sites is 1. The normalized spacial score (nSPS) is 10.7. The Morgan fingerprint density at radius 1 is 1.20 bits per heavy atom. The van der Waals surface area contributed by atoms with Gasteiger partial charge in [-0.25, -0.2) is 13.8 Å². The molecule has 0 atom stereocenters. The summed E-state index contributed by atoms with van der Waals surface area (Å²) in [5.41, 5.74) is 6.70. The van der Waals surface area contributed by atoms with Crippen molar-refractivity contribution < 1.29 is 8.78 Å². The minimum atomic E-state index is -0.792. The third-order valence-corrected chi connectivity index (χ3v) is 2.97. The van der Waals surface area contributed by atoms with Crippen molar-refractivity contribution >= 4 is 17.0 Å². The lowest BCUT2D eigenvalue weighted by molar-refractivity contribution is 0.590. The SMILES string of the molecule is N#Cc1ccccc1-n1c(N)nc2c(F)cc(F)cc21. The Hall–Kier alpha value is -2.94. The Kier molecular flexibility index (Phi) is 2.61.